The van der Waals surface area contributed by atoms with E-state index in [1.165, 1.54) is 17.6 Å². The van der Waals surface area contributed by atoms with E-state index in [1.807, 2.05) is 82.2 Å². The summed E-state index contributed by atoms with van der Waals surface area (Å²) >= 11 is 0. The lowest BCUT2D eigenvalue weighted by Crippen LogP contribution is -2.38. The Morgan fingerprint density at radius 2 is 0.832 bits per heavy atom. The summed E-state index contributed by atoms with van der Waals surface area (Å²) < 4.78 is 0. The second-order valence-electron chi connectivity index (χ2n) is 34.4. The van der Waals surface area contributed by atoms with Crippen molar-refractivity contribution in [3.8, 4) is 0 Å². The van der Waals surface area contributed by atoms with Gasteiger partial charge in [0, 0.05) is 85.0 Å². The summed E-state index contributed by atoms with van der Waals surface area (Å²) in [7, 11) is 0. The Kier molecular flexibility index (Phi) is 35.2. The van der Waals surface area contributed by atoms with Crippen molar-refractivity contribution in [2.75, 3.05) is 0 Å². The SMILES string of the molecule is C=C1CCCC(C)(C)C1C(=O)CC(C)C(C)C(C)=O.CC(=O)C(C)C(C)CC(=O)C1=C(C)C=CCC1(C)C.CC(=O)C(C)C(C)CC(=O)C1=C(C)CCCC1(C)C.CC(=O)C(C)C(C)CC(=O)C1C(C)=CCCC1(C)C.CC(=O)C(C)C(C)CC(=O)C1C(C)C=CCC1(C)C. The van der Waals surface area contributed by atoms with Gasteiger partial charge in [-0.25, -0.2) is 0 Å². The topological polar surface area (TPSA) is 171 Å². The predicted molar refractivity (Wildman–Crippen MR) is 394 cm³/mol. The van der Waals surface area contributed by atoms with Gasteiger partial charge in [-0.15, -0.1) is 0 Å². The zero-order valence-electron chi connectivity index (χ0n) is 65.9. The molecule has 0 bridgehead atoms. The van der Waals surface area contributed by atoms with Gasteiger partial charge in [0.25, 0.3) is 0 Å². The average molecular weight is 1320 g/mol. The molecule has 5 aliphatic carbocycles. The summed E-state index contributed by atoms with van der Waals surface area (Å²) in [6.07, 6.45) is 23.7. The average Bonchev–Trinajstić information content (AvgIpc) is 0.840. The molecule has 10 heteroatoms. The molecule has 5 aliphatic rings. The molecule has 0 amide bonds. The van der Waals surface area contributed by atoms with Gasteiger partial charge in [-0.2, -0.15) is 0 Å². The second-order valence-corrected chi connectivity index (χ2v) is 34.4. The van der Waals surface area contributed by atoms with E-state index in [-0.39, 0.29) is 150 Å². The smallest absolute Gasteiger partial charge is 0.159 e. The van der Waals surface area contributed by atoms with E-state index in [2.05, 4.69) is 121 Å². The highest BCUT2D eigenvalue weighted by Gasteiger charge is 2.43. The molecule has 95 heavy (non-hydrogen) atoms. The molecule has 14 atom stereocenters. The van der Waals surface area contributed by atoms with Crippen molar-refractivity contribution in [3.05, 3.63) is 70.4 Å². The van der Waals surface area contributed by atoms with Crippen LogP contribution in [-0.4, -0.2) is 57.8 Å². The molecule has 0 aromatic carbocycles. The third kappa shape index (κ3) is 26.4. The van der Waals surface area contributed by atoms with Crippen LogP contribution in [0.4, 0.5) is 0 Å². The Morgan fingerprint density at radius 1 is 0.453 bits per heavy atom. The fourth-order valence-corrected chi connectivity index (χ4v) is 15.9. The molecule has 0 aromatic rings. The summed E-state index contributed by atoms with van der Waals surface area (Å²) in [6, 6.07) is 0. The molecule has 1 fully saturated rings. The highest BCUT2D eigenvalue weighted by molar-refractivity contribution is 5.99. The number of carbonyl (C=O) groups excluding carboxylic acids is 10. The fraction of sp³-hybridized carbons (Fsp3) is 0.741. The minimum atomic E-state index is -0.0882. The first kappa shape index (κ1) is 88.2. The molecule has 1 saturated carbocycles. The molecule has 5 rings (SSSR count). The Labute approximate surface area is 580 Å². The molecule has 14 unspecified atom stereocenters. The lowest BCUT2D eigenvalue weighted by Gasteiger charge is -2.39. The highest BCUT2D eigenvalue weighted by Crippen LogP contribution is 2.47. The Morgan fingerprint density at radius 3 is 1.21 bits per heavy atom. The van der Waals surface area contributed by atoms with Crippen molar-refractivity contribution in [1.82, 2.24) is 0 Å². The van der Waals surface area contributed by atoms with Gasteiger partial charge >= 0.3 is 0 Å². The monoisotopic (exact) mass is 1320 g/mol. The predicted octanol–water partition coefficient (Wildman–Crippen LogP) is 20.9. The zero-order valence-corrected chi connectivity index (χ0v) is 65.9. The van der Waals surface area contributed by atoms with E-state index < -0.39 is 0 Å². The summed E-state index contributed by atoms with van der Waals surface area (Å²) in [5, 5.41) is 0. The molecule has 0 N–H and O–H groups in total. The third-order valence-corrected chi connectivity index (χ3v) is 23.6. The molecule has 0 heterocycles. The van der Waals surface area contributed by atoms with Crippen molar-refractivity contribution in [1.29, 1.82) is 0 Å². The Balaban J connectivity index is 0.000000594. The molecular formula is C85H138O10. The van der Waals surface area contributed by atoms with Crippen LogP contribution in [0.15, 0.2) is 70.4 Å². The summed E-state index contributed by atoms with van der Waals surface area (Å²) in [5.41, 5.74) is 6.61. The number of hydrogen-bond acceptors (Lipinski definition) is 10. The lowest BCUT2D eigenvalue weighted by atomic mass is 9.64. The first-order valence-electron chi connectivity index (χ1n) is 36.6. The van der Waals surface area contributed by atoms with Gasteiger partial charge in [0.2, 0.25) is 0 Å². The van der Waals surface area contributed by atoms with Crippen LogP contribution in [0.3, 0.4) is 0 Å². The van der Waals surface area contributed by atoms with Gasteiger partial charge in [0.15, 0.2) is 11.6 Å². The van der Waals surface area contributed by atoms with E-state index in [1.54, 1.807) is 34.6 Å². The van der Waals surface area contributed by atoms with Gasteiger partial charge in [-0.05, 0) is 193 Å². The van der Waals surface area contributed by atoms with Gasteiger partial charge in [0.1, 0.15) is 46.3 Å². The molecule has 538 valence electrons. The maximum Gasteiger partial charge on any atom is 0.159 e. The van der Waals surface area contributed by atoms with Crippen LogP contribution in [0, 0.1) is 110 Å². The summed E-state index contributed by atoms with van der Waals surface area (Å²) in [6.45, 7) is 61.7. The van der Waals surface area contributed by atoms with E-state index >= 15 is 0 Å². The molecule has 0 aliphatic heterocycles. The van der Waals surface area contributed by atoms with Crippen molar-refractivity contribution in [2.45, 2.75) is 297 Å². The molecule has 10 nitrogen and oxygen atoms in total. The zero-order chi connectivity index (χ0) is 74.0. The quantitative estimate of drug-likeness (QED) is 0.0801. The van der Waals surface area contributed by atoms with Crippen LogP contribution in [0.1, 0.15) is 297 Å². The van der Waals surface area contributed by atoms with Crippen molar-refractivity contribution < 1.29 is 47.9 Å². The van der Waals surface area contributed by atoms with Crippen LogP contribution >= 0.6 is 0 Å². The van der Waals surface area contributed by atoms with Gasteiger partial charge in [-0.3, -0.25) is 47.9 Å². The van der Waals surface area contributed by atoms with Crippen LogP contribution in [-0.2, 0) is 47.9 Å². The minimum absolute atomic E-state index is 0.00139. The lowest BCUT2D eigenvalue weighted by molar-refractivity contribution is -0.131. The van der Waals surface area contributed by atoms with Crippen LogP contribution < -0.4 is 0 Å². The fourth-order valence-electron chi connectivity index (χ4n) is 15.9. The molecule has 0 radical (unpaired) electrons. The first-order chi connectivity index (χ1) is 43.3. The van der Waals surface area contributed by atoms with Crippen LogP contribution in [0.2, 0.25) is 0 Å². The summed E-state index contributed by atoms with van der Waals surface area (Å²) in [5.74, 6) is 3.05. The minimum Gasteiger partial charge on any atom is -0.300 e. The van der Waals surface area contributed by atoms with Gasteiger partial charge < -0.3 is 0 Å². The van der Waals surface area contributed by atoms with Crippen molar-refractivity contribution in [3.63, 3.8) is 0 Å². The maximum absolute atomic E-state index is 12.6. The van der Waals surface area contributed by atoms with Gasteiger partial charge in [0.05, 0.1) is 0 Å². The largest absolute Gasteiger partial charge is 0.300 e. The Hall–Kier alpha value is -4.86. The highest BCUT2D eigenvalue weighted by atomic mass is 16.2. The Bertz CT molecular complexity index is 2880. The first-order valence-corrected chi connectivity index (χ1v) is 36.6. The van der Waals surface area contributed by atoms with E-state index in [0.717, 1.165) is 80.1 Å². The number of ketones is 10. The van der Waals surface area contributed by atoms with E-state index in [0.29, 0.717) is 49.6 Å². The standard InChI is InChI=1S/4C17H28O2.C17H26O2/c5*1-11-8-7-9-17(5,6)16(11)15(19)10-12(2)13(3)14(4)18/h12-13H,7-10H2,1-6H3;8,12-13,16H,7,9-10H2,1-6H3;7-8,11-13,16H,9-10H2,1-6H3;12-13,16H,1,7-10H2,2-6H3;7-8,12-13H,9-10H2,1-6H3. The van der Waals surface area contributed by atoms with Crippen molar-refractivity contribution >= 4 is 57.8 Å². The summed E-state index contributed by atoms with van der Waals surface area (Å²) in [4.78, 5) is 120. The number of rotatable bonds is 25. The second kappa shape index (κ2) is 37.9. The van der Waals surface area contributed by atoms with Crippen molar-refractivity contribution in [2.24, 2.45) is 110 Å². The van der Waals surface area contributed by atoms with Gasteiger partial charge in [-0.1, -0.05) is 199 Å². The molecule has 0 aromatic heterocycles. The normalized spacial score (nSPS) is 24.6. The van der Waals surface area contributed by atoms with E-state index in [9.17, 15) is 47.9 Å². The maximum atomic E-state index is 12.6. The number of hydrogen-bond donors (Lipinski definition) is 0. The third-order valence-electron chi connectivity index (χ3n) is 23.6. The molecule has 0 saturated heterocycles. The number of carbonyl (C=O) groups is 10. The van der Waals surface area contributed by atoms with Crippen LogP contribution in [0.5, 0.6) is 0 Å². The molecular weight excluding hydrogens is 1180 g/mol. The number of allylic oxidation sites excluding steroid dienone is 11. The van der Waals surface area contributed by atoms with E-state index in [4.69, 9.17) is 0 Å². The molecule has 0 spiro atoms. The van der Waals surface area contributed by atoms with Crippen LogP contribution in [0.25, 0.3) is 0 Å². The number of Topliss-reactive ketones (excluding diaryl/α,β-unsaturated/α-hetero) is 10.